The van der Waals surface area contributed by atoms with E-state index in [4.69, 9.17) is 9.47 Å². The van der Waals surface area contributed by atoms with Crippen molar-refractivity contribution in [2.45, 2.75) is 38.6 Å². The maximum absolute atomic E-state index is 5.72. The second kappa shape index (κ2) is 8.29. The predicted molar refractivity (Wildman–Crippen MR) is 69.4 cm³/mol. The fourth-order valence-electron chi connectivity index (χ4n) is 2.51. The number of nitrogens with one attached hydrogen (secondary N) is 1. The van der Waals surface area contributed by atoms with E-state index >= 15 is 0 Å². The van der Waals surface area contributed by atoms with Gasteiger partial charge in [-0.25, -0.2) is 0 Å². The minimum Gasteiger partial charge on any atom is -0.382 e. The molecular weight excluding hydrogens is 226 g/mol. The lowest BCUT2D eigenvalue weighted by atomic mass is 9.80. The van der Waals surface area contributed by atoms with Crippen LogP contribution in [0.15, 0.2) is 0 Å². The molecule has 0 saturated heterocycles. The normalized spacial score (nSPS) is 20.4. The molecule has 16 heavy (non-hydrogen) atoms. The zero-order valence-corrected chi connectivity index (χ0v) is 11.6. The largest absolute Gasteiger partial charge is 0.382 e. The van der Waals surface area contributed by atoms with E-state index in [1.54, 1.807) is 7.11 Å². The standard InChI is InChI=1S/C12H25NO2.ClH/c1-11(13-2)12(6-4-5-7-12)10-15-9-8-14-3;/h11,13H,4-10H2,1-3H3;1H. The molecule has 1 saturated carbocycles. The van der Waals surface area contributed by atoms with Crippen LogP contribution in [0.2, 0.25) is 0 Å². The molecule has 0 aromatic rings. The first-order valence-corrected chi connectivity index (χ1v) is 5.99. The van der Waals surface area contributed by atoms with E-state index in [0.717, 1.165) is 6.61 Å². The average Bonchev–Trinajstić information content (AvgIpc) is 2.73. The lowest BCUT2D eigenvalue weighted by Gasteiger charge is -2.35. The first-order valence-electron chi connectivity index (χ1n) is 5.99. The molecule has 1 fully saturated rings. The Bertz CT molecular complexity index is 172. The van der Waals surface area contributed by atoms with Gasteiger partial charge in [-0.15, -0.1) is 12.4 Å². The molecule has 0 radical (unpaired) electrons. The molecule has 0 bridgehead atoms. The zero-order valence-electron chi connectivity index (χ0n) is 10.8. The van der Waals surface area contributed by atoms with Gasteiger partial charge < -0.3 is 14.8 Å². The molecule has 1 rings (SSSR count). The number of ether oxygens (including phenoxy) is 2. The highest BCUT2D eigenvalue weighted by Gasteiger charge is 2.38. The Morgan fingerprint density at radius 1 is 1.25 bits per heavy atom. The maximum atomic E-state index is 5.72. The van der Waals surface area contributed by atoms with Gasteiger partial charge in [0.05, 0.1) is 19.8 Å². The van der Waals surface area contributed by atoms with Crippen LogP contribution in [0.25, 0.3) is 0 Å². The first-order chi connectivity index (χ1) is 7.25. The van der Waals surface area contributed by atoms with Crippen molar-refractivity contribution in [3.8, 4) is 0 Å². The smallest absolute Gasteiger partial charge is 0.0700 e. The van der Waals surface area contributed by atoms with Crippen LogP contribution in [-0.4, -0.2) is 40.0 Å². The van der Waals surface area contributed by atoms with Crippen molar-refractivity contribution in [1.82, 2.24) is 5.32 Å². The molecule has 0 heterocycles. The first kappa shape index (κ1) is 16.2. The van der Waals surface area contributed by atoms with Crippen LogP contribution in [0.3, 0.4) is 0 Å². The molecule has 4 heteroatoms. The average molecular weight is 252 g/mol. The van der Waals surface area contributed by atoms with Gasteiger partial charge >= 0.3 is 0 Å². The topological polar surface area (TPSA) is 30.5 Å². The van der Waals surface area contributed by atoms with Crippen molar-refractivity contribution in [3.05, 3.63) is 0 Å². The number of hydrogen-bond donors (Lipinski definition) is 1. The number of methoxy groups -OCH3 is 1. The summed E-state index contributed by atoms with van der Waals surface area (Å²) in [5, 5.41) is 3.38. The van der Waals surface area contributed by atoms with Crippen molar-refractivity contribution in [1.29, 1.82) is 0 Å². The summed E-state index contributed by atoms with van der Waals surface area (Å²) in [4.78, 5) is 0. The molecule has 3 nitrogen and oxygen atoms in total. The fraction of sp³-hybridized carbons (Fsp3) is 1.00. The summed E-state index contributed by atoms with van der Waals surface area (Å²) >= 11 is 0. The van der Waals surface area contributed by atoms with Gasteiger partial charge in [0, 0.05) is 18.6 Å². The van der Waals surface area contributed by atoms with Crippen LogP contribution in [0.4, 0.5) is 0 Å². The number of rotatable bonds is 7. The fourth-order valence-corrected chi connectivity index (χ4v) is 2.51. The van der Waals surface area contributed by atoms with Crippen molar-refractivity contribution < 1.29 is 9.47 Å². The highest BCUT2D eigenvalue weighted by Crippen LogP contribution is 2.41. The van der Waals surface area contributed by atoms with Gasteiger partial charge in [-0.2, -0.15) is 0 Å². The predicted octanol–water partition coefficient (Wildman–Crippen LogP) is 2.24. The summed E-state index contributed by atoms with van der Waals surface area (Å²) in [6.07, 6.45) is 5.28. The lowest BCUT2D eigenvalue weighted by molar-refractivity contribution is 0.00435. The van der Waals surface area contributed by atoms with E-state index in [9.17, 15) is 0 Å². The summed E-state index contributed by atoms with van der Waals surface area (Å²) in [7, 11) is 3.75. The molecule has 98 valence electrons. The molecule has 0 amide bonds. The van der Waals surface area contributed by atoms with E-state index in [-0.39, 0.29) is 12.4 Å². The molecule has 1 atom stereocenters. The van der Waals surface area contributed by atoms with Crippen LogP contribution in [0, 0.1) is 5.41 Å². The van der Waals surface area contributed by atoms with Gasteiger partial charge in [-0.05, 0) is 26.8 Å². The third-order valence-corrected chi connectivity index (χ3v) is 3.77. The molecule has 0 aromatic heterocycles. The van der Waals surface area contributed by atoms with Gasteiger partial charge in [0.15, 0.2) is 0 Å². The van der Waals surface area contributed by atoms with Gasteiger partial charge in [0.1, 0.15) is 0 Å². The van der Waals surface area contributed by atoms with Gasteiger partial charge in [-0.1, -0.05) is 12.8 Å². The summed E-state index contributed by atoms with van der Waals surface area (Å²) in [5.41, 5.74) is 0.364. The highest BCUT2D eigenvalue weighted by atomic mass is 35.5. The Labute approximate surface area is 106 Å². The summed E-state index contributed by atoms with van der Waals surface area (Å²) in [6, 6.07) is 0.544. The van der Waals surface area contributed by atoms with E-state index in [2.05, 4.69) is 12.2 Å². The van der Waals surface area contributed by atoms with Crippen molar-refractivity contribution in [3.63, 3.8) is 0 Å². The van der Waals surface area contributed by atoms with Crippen molar-refractivity contribution >= 4 is 12.4 Å². The Kier molecular flexibility index (Phi) is 8.38. The van der Waals surface area contributed by atoms with E-state index in [1.807, 2.05) is 7.05 Å². The third kappa shape index (κ3) is 4.21. The van der Waals surface area contributed by atoms with Gasteiger partial charge in [0.2, 0.25) is 0 Å². The Hall–Kier alpha value is 0.170. The quantitative estimate of drug-likeness (QED) is 0.704. The van der Waals surface area contributed by atoms with Crippen LogP contribution in [0.1, 0.15) is 32.6 Å². The molecule has 0 aliphatic heterocycles. The van der Waals surface area contributed by atoms with Gasteiger partial charge in [0.25, 0.3) is 0 Å². The van der Waals surface area contributed by atoms with E-state index in [1.165, 1.54) is 25.7 Å². The number of halogens is 1. The second-order valence-electron chi connectivity index (χ2n) is 4.63. The molecule has 0 spiro atoms. The molecular formula is C12H26ClNO2. The minimum absolute atomic E-state index is 0. The van der Waals surface area contributed by atoms with Crippen LogP contribution < -0.4 is 5.32 Å². The Morgan fingerprint density at radius 2 is 1.88 bits per heavy atom. The van der Waals surface area contributed by atoms with Crippen LogP contribution >= 0.6 is 12.4 Å². The monoisotopic (exact) mass is 251 g/mol. The van der Waals surface area contributed by atoms with Crippen molar-refractivity contribution in [2.75, 3.05) is 34.0 Å². The number of hydrogen-bond acceptors (Lipinski definition) is 3. The SMILES string of the molecule is CNC(C)C1(COCCOC)CCCC1.Cl. The summed E-state index contributed by atoms with van der Waals surface area (Å²) in [5.74, 6) is 0. The van der Waals surface area contributed by atoms with E-state index in [0.29, 0.717) is 24.7 Å². The molecule has 1 N–H and O–H groups in total. The van der Waals surface area contributed by atoms with Crippen molar-refractivity contribution in [2.24, 2.45) is 5.41 Å². The molecule has 0 aromatic carbocycles. The maximum Gasteiger partial charge on any atom is 0.0700 e. The zero-order chi connectivity index (χ0) is 11.1. The molecule has 1 aliphatic rings. The van der Waals surface area contributed by atoms with Crippen LogP contribution in [0.5, 0.6) is 0 Å². The summed E-state index contributed by atoms with van der Waals surface area (Å²) < 4.78 is 10.7. The van der Waals surface area contributed by atoms with Crippen LogP contribution in [-0.2, 0) is 9.47 Å². The third-order valence-electron chi connectivity index (χ3n) is 3.77. The Morgan fingerprint density at radius 3 is 2.38 bits per heavy atom. The minimum atomic E-state index is 0. The highest BCUT2D eigenvalue weighted by molar-refractivity contribution is 5.85. The van der Waals surface area contributed by atoms with Gasteiger partial charge in [-0.3, -0.25) is 0 Å². The summed E-state index contributed by atoms with van der Waals surface area (Å²) in [6.45, 7) is 4.56. The Balaban J connectivity index is 0.00000225. The second-order valence-corrected chi connectivity index (χ2v) is 4.63. The lowest BCUT2D eigenvalue weighted by Crippen LogP contribution is -2.43. The van der Waals surface area contributed by atoms with E-state index < -0.39 is 0 Å². The molecule has 1 unspecified atom stereocenters. The molecule has 1 aliphatic carbocycles.